The topological polar surface area (TPSA) is 70.6 Å². The molecular formula is C21H27N5O2. The predicted molar refractivity (Wildman–Crippen MR) is 108 cm³/mol. The van der Waals surface area contributed by atoms with Gasteiger partial charge < -0.3 is 19.9 Å². The highest BCUT2D eigenvalue weighted by molar-refractivity contribution is 5.74. The first-order chi connectivity index (χ1) is 13.7. The van der Waals surface area contributed by atoms with E-state index in [0.717, 1.165) is 49.6 Å². The van der Waals surface area contributed by atoms with Crippen molar-refractivity contribution >= 4 is 11.8 Å². The average molecular weight is 381 g/mol. The maximum atomic E-state index is 12.4. The number of amides is 2. The minimum Gasteiger partial charge on any atom is -0.376 e. The van der Waals surface area contributed by atoms with E-state index in [-0.39, 0.29) is 12.1 Å². The number of benzene rings is 1. The Hall–Kier alpha value is -2.67. The van der Waals surface area contributed by atoms with Crippen molar-refractivity contribution in [2.24, 2.45) is 0 Å². The molecule has 2 saturated heterocycles. The molecule has 7 nitrogen and oxygen atoms in total. The van der Waals surface area contributed by atoms with Gasteiger partial charge in [-0.15, -0.1) is 0 Å². The van der Waals surface area contributed by atoms with Crippen molar-refractivity contribution in [2.45, 2.75) is 25.9 Å². The third kappa shape index (κ3) is 4.42. The molecule has 1 aromatic heterocycles. The Morgan fingerprint density at radius 3 is 2.82 bits per heavy atom. The van der Waals surface area contributed by atoms with Crippen molar-refractivity contribution in [3.8, 4) is 11.3 Å². The molecule has 2 fully saturated rings. The zero-order valence-corrected chi connectivity index (χ0v) is 16.3. The molecule has 2 aliphatic rings. The molecule has 3 heterocycles. The fraction of sp³-hybridized carbons (Fsp3) is 0.476. The van der Waals surface area contributed by atoms with Crippen molar-refractivity contribution in [1.29, 1.82) is 0 Å². The summed E-state index contributed by atoms with van der Waals surface area (Å²) < 4.78 is 5.56. The molecule has 0 spiro atoms. The van der Waals surface area contributed by atoms with Crippen LogP contribution in [-0.4, -0.2) is 66.3 Å². The van der Waals surface area contributed by atoms with Crippen molar-refractivity contribution in [1.82, 2.24) is 20.2 Å². The van der Waals surface area contributed by atoms with Crippen LogP contribution in [0.25, 0.3) is 11.3 Å². The summed E-state index contributed by atoms with van der Waals surface area (Å²) in [5.41, 5.74) is 3.22. The summed E-state index contributed by atoms with van der Waals surface area (Å²) in [6.45, 7) is 6.37. The number of carbonyl (C=O) groups is 1. The number of carbonyl (C=O) groups excluding carboxylic acids is 1. The van der Waals surface area contributed by atoms with Gasteiger partial charge in [-0.25, -0.2) is 14.8 Å². The van der Waals surface area contributed by atoms with Gasteiger partial charge in [0.25, 0.3) is 0 Å². The zero-order chi connectivity index (χ0) is 19.3. The van der Waals surface area contributed by atoms with E-state index in [0.29, 0.717) is 19.6 Å². The average Bonchev–Trinajstić information content (AvgIpc) is 3.26. The maximum absolute atomic E-state index is 12.4. The number of urea groups is 1. The van der Waals surface area contributed by atoms with Gasteiger partial charge in [-0.2, -0.15) is 0 Å². The first-order valence-electron chi connectivity index (χ1n) is 9.97. The van der Waals surface area contributed by atoms with Gasteiger partial charge >= 0.3 is 6.03 Å². The van der Waals surface area contributed by atoms with Crippen LogP contribution < -0.4 is 10.2 Å². The largest absolute Gasteiger partial charge is 0.376 e. The van der Waals surface area contributed by atoms with E-state index in [9.17, 15) is 4.79 Å². The van der Waals surface area contributed by atoms with E-state index in [1.807, 2.05) is 17.0 Å². The second-order valence-electron chi connectivity index (χ2n) is 7.43. The normalized spacial score (nSPS) is 19.7. The Bertz CT molecular complexity index is 814. The number of hydrogen-bond acceptors (Lipinski definition) is 5. The van der Waals surface area contributed by atoms with Crippen LogP contribution in [0.15, 0.2) is 36.7 Å². The Balaban J connectivity index is 1.33. The van der Waals surface area contributed by atoms with E-state index < -0.39 is 0 Å². The van der Waals surface area contributed by atoms with Gasteiger partial charge in [-0.05, 0) is 25.8 Å². The van der Waals surface area contributed by atoms with Crippen LogP contribution in [-0.2, 0) is 4.74 Å². The van der Waals surface area contributed by atoms with Gasteiger partial charge in [-0.1, -0.05) is 23.8 Å². The quantitative estimate of drug-likeness (QED) is 0.881. The van der Waals surface area contributed by atoms with Crippen molar-refractivity contribution in [2.75, 3.05) is 44.2 Å². The number of aryl methyl sites for hydroxylation is 1. The van der Waals surface area contributed by atoms with E-state index in [2.05, 4.69) is 45.3 Å². The molecule has 0 bridgehead atoms. The third-order valence-electron chi connectivity index (χ3n) is 5.36. The number of rotatable bonds is 4. The molecule has 28 heavy (non-hydrogen) atoms. The van der Waals surface area contributed by atoms with Crippen LogP contribution in [0.5, 0.6) is 0 Å². The molecule has 4 rings (SSSR count). The smallest absolute Gasteiger partial charge is 0.317 e. The summed E-state index contributed by atoms with van der Waals surface area (Å²) in [6.07, 6.45) is 3.91. The number of piperazine rings is 1. The minimum atomic E-state index is -0.00159. The maximum Gasteiger partial charge on any atom is 0.317 e. The van der Waals surface area contributed by atoms with E-state index in [1.54, 1.807) is 6.33 Å². The summed E-state index contributed by atoms with van der Waals surface area (Å²) in [6, 6.07) is 10.3. The highest BCUT2D eigenvalue weighted by atomic mass is 16.5. The summed E-state index contributed by atoms with van der Waals surface area (Å²) in [7, 11) is 0. The highest BCUT2D eigenvalue weighted by Crippen LogP contribution is 2.22. The molecular weight excluding hydrogens is 354 g/mol. The molecule has 7 heteroatoms. The number of hydrogen-bond donors (Lipinski definition) is 1. The van der Waals surface area contributed by atoms with Crippen LogP contribution in [0.2, 0.25) is 0 Å². The monoisotopic (exact) mass is 381 g/mol. The Labute approximate surface area is 165 Å². The van der Waals surface area contributed by atoms with Crippen LogP contribution in [0.1, 0.15) is 18.4 Å². The second kappa shape index (κ2) is 8.56. The van der Waals surface area contributed by atoms with Crippen molar-refractivity contribution in [3.63, 3.8) is 0 Å². The van der Waals surface area contributed by atoms with E-state index in [1.165, 1.54) is 5.56 Å². The number of nitrogens with one attached hydrogen (secondary N) is 1. The van der Waals surface area contributed by atoms with Crippen LogP contribution in [0.3, 0.4) is 0 Å². The van der Waals surface area contributed by atoms with Gasteiger partial charge in [-0.3, -0.25) is 0 Å². The van der Waals surface area contributed by atoms with Gasteiger partial charge in [0.15, 0.2) is 0 Å². The first kappa shape index (κ1) is 18.7. The van der Waals surface area contributed by atoms with Crippen molar-refractivity contribution in [3.05, 3.63) is 42.2 Å². The molecule has 148 valence electrons. The lowest BCUT2D eigenvalue weighted by atomic mass is 10.1. The third-order valence-corrected chi connectivity index (χ3v) is 5.36. The summed E-state index contributed by atoms with van der Waals surface area (Å²) >= 11 is 0. The molecule has 1 N–H and O–H groups in total. The standard InChI is InChI=1S/C21H27N5O2/c1-16-4-2-5-17(12-16)19-13-20(24-15-23-19)25-7-9-26(10-8-25)21(27)22-14-18-6-3-11-28-18/h2,4-5,12-13,15,18H,3,6-11,14H2,1H3,(H,22,27). The molecule has 1 unspecified atom stereocenters. The lowest BCUT2D eigenvalue weighted by Gasteiger charge is -2.35. The highest BCUT2D eigenvalue weighted by Gasteiger charge is 2.23. The van der Waals surface area contributed by atoms with Gasteiger partial charge in [0.2, 0.25) is 0 Å². The number of ether oxygens (including phenoxy) is 1. The summed E-state index contributed by atoms with van der Waals surface area (Å²) in [5, 5.41) is 3.00. The first-order valence-corrected chi connectivity index (χ1v) is 9.97. The SMILES string of the molecule is Cc1cccc(-c2cc(N3CCN(C(=O)NCC4CCCO4)CC3)ncn2)c1. The molecule has 0 radical (unpaired) electrons. The van der Waals surface area contributed by atoms with Gasteiger partial charge in [0.1, 0.15) is 12.1 Å². The molecule has 0 saturated carbocycles. The molecule has 0 aliphatic carbocycles. The van der Waals surface area contributed by atoms with Crippen LogP contribution in [0.4, 0.5) is 10.6 Å². The fourth-order valence-electron chi connectivity index (χ4n) is 3.74. The van der Waals surface area contributed by atoms with E-state index in [4.69, 9.17) is 4.74 Å². The van der Waals surface area contributed by atoms with Crippen LogP contribution in [0, 0.1) is 6.92 Å². The van der Waals surface area contributed by atoms with Gasteiger partial charge in [0.05, 0.1) is 11.8 Å². The molecule has 2 amide bonds. The number of aromatic nitrogens is 2. The Morgan fingerprint density at radius 1 is 1.21 bits per heavy atom. The molecule has 1 atom stereocenters. The molecule has 2 aliphatic heterocycles. The predicted octanol–water partition coefficient (Wildman–Crippen LogP) is 2.46. The lowest BCUT2D eigenvalue weighted by molar-refractivity contribution is 0.108. The summed E-state index contributed by atoms with van der Waals surface area (Å²) in [4.78, 5) is 25.3. The van der Waals surface area contributed by atoms with E-state index >= 15 is 0 Å². The lowest BCUT2D eigenvalue weighted by Crippen LogP contribution is -2.52. The number of anilines is 1. The number of nitrogens with zero attached hydrogens (tertiary/aromatic N) is 4. The zero-order valence-electron chi connectivity index (χ0n) is 16.3. The Kier molecular flexibility index (Phi) is 5.71. The van der Waals surface area contributed by atoms with Crippen LogP contribution >= 0.6 is 0 Å². The fourth-order valence-corrected chi connectivity index (χ4v) is 3.74. The second-order valence-corrected chi connectivity index (χ2v) is 7.43. The summed E-state index contributed by atoms with van der Waals surface area (Å²) in [5.74, 6) is 0.908. The Morgan fingerprint density at radius 2 is 2.07 bits per heavy atom. The van der Waals surface area contributed by atoms with Crippen molar-refractivity contribution < 1.29 is 9.53 Å². The minimum absolute atomic E-state index is 0.00159. The molecule has 2 aromatic rings. The molecule has 1 aromatic carbocycles. The van der Waals surface area contributed by atoms with Gasteiger partial charge in [0, 0.05) is 51.0 Å².